The minimum atomic E-state index is -1.66. The van der Waals surface area contributed by atoms with Crippen molar-refractivity contribution in [1.29, 1.82) is 0 Å². The van der Waals surface area contributed by atoms with E-state index in [4.69, 9.17) is 31.4 Å². The zero-order chi connectivity index (χ0) is 30.5. The second-order valence-corrected chi connectivity index (χ2v) is 12.2. The van der Waals surface area contributed by atoms with Crippen LogP contribution in [0.15, 0.2) is 65.7 Å². The second kappa shape index (κ2) is 13.4. The molecule has 3 fully saturated rings. The molecule has 2 aromatic rings. The molecule has 2 bridgehead atoms. The maximum atomic E-state index is 14.5. The molecule has 43 heavy (non-hydrogen) atoms. The van der Waals surface area contributed by atoms with Gasteiger partial charge in [-0.25, -0.2) is 4.79 Å². The number of piperidine rings is 1. The molecule has 0 aliphatic carbocycles. The predicted octanol–water partition coefficient (Wildman–Crippen LogP) is 3.06. The Balaban J connectivity index is 1.37. The van der Waals surface area contributed by atoms with Crippen LogP contribution < -0.4 is 17.2 Å². The summed E-state index contributed by atoms with van der Waals surface area (Å²) in [6, 6.07) is 18.7. The van der Waals surface area contributed by atoms with Crippen LogP contribution in [0.5, 0.6) is 0 Å². The molecule has 2 aromatic carbocycles. The Morgan fingerprint density at radius 3 is 2.05 bits per heavy atom. The Morgan fingerprint density at radius 2 is 1.51 bits per heavy atom. The molecule has 4 atom stereocenters. The molecule has 0 amide bonds. The Labute approximate surface area is 254 Å². The number of hydrogen-bond donors (Lipinski definition) is 3. The highest BCUT2D eigenvalue weighted by Gasteiger charge is 2.57. The van der Waals surface area contributed by atoms with Crippen molar-refractivity contribution in [2.75, 3.05) is 19.6 Å². The molecule has 0 radical (unpaired) electrons. The Bertz CT molecular complexity index is 1210. The number of rotatable bonds is 12. The van der Waals surface area contributed by atoms with Gasteiger partial charge in [-0.15, -0.1) is 0 Å². The summed E-state index contributed by atoms with van der Waals surface area (Å²) in [7, 11) is 0. The fourth-order valence-corrected chi connectivity index (χ4v) is 7.63. The van der Waals surface area contributed by atoms with Crippen molar-refractivity contribution in [3.63, 3.8) is 0 Å². The van der Waals surface area contributed by atoms with Crippen LogP contribution in [0.2, 0.25) is 0 Å². The highest BCUT2D eigenvalue weighted by Crippen LogP contribution is 2.47. The monoisotopic (exact) mass is 592 g/mol. The van der Waals surface area contributed by atoms with Gasteiger partial charge in [0.1, 0.15) is 12.1 Å². The van der Waals surface area contributed by atoms with Crippen LogP contribution in [0.1, 0.15) is 69.4 Å². The van der Waals surface area contributed by atoms with Gasteiger partial charge in [0.15, 0.2) is 5.96 Å². The number of aliphatic imine (C=N–C) groups is 1. The number of nitrogens with two attached hydrogens (primary N) is 3. The minimum Gasteiger partial charge on any atom is -0.459 e. The van der Waals surface area contributed by atoms with Gasteiger partial charge in [0.25, 0.3) is 0 Å². The van der Waals surface area contributed by atoms with Crippen LogP contribution in [-0.2, 0) is 29.4 Å². The van der Waals surface area contributed by atoms with Crippen molar-refractivity contribution in [1.82, 2.24) is 0 Å². The van der Waals surface area contributed by atoms with Crippen molar-refractivity contribution >= 4 is 17.9 Å². The molecule has 0 saturated carbocycles. The van der Waals surface area contributed by atoms with Gasteiger partial charge in [-0.05, 0) is 30.9 Å². The number of guanidine groups is 1. The quantitative estimate of drug-likeness (QED) is 0.0849. The van der Waals surface area contributed by atoms with Crippen molar-refractivity contribution in [3.05, 3.63) is 71.8 Å². The van der Waals surface area contributed by atoms with Crippen LogP contribution in [0, 0.1) is 0 Å². The minimum absolute atomic E-state index is 0.0128. The molecule has 3 saturated heterocycles. The number of nitrogens with zero attached hydrogens (tertiary/aromatic N) is 2. The van der Waals surface area contributed by atoms with E-state index in [1.54, 1.807) is 6.92 Å². The van der Waals surface area contributed by atoms with E-state index in [1.165, 1.54) is 43.3 Å². The lowest BCUT2D eigenvalue weighted by molar-refractivity contribution is -0.956. The van der Waals surface area contributed by atoms with E-state index in [9.17, 15) is 9.59 Å². The van der Waals surface area contributed by atoms with Gasteiger partial charge in [0.2, 0.25) is 11.9 Å². The first-order chi connectivity index (χ1) is 20.7. The number of carbonyl (C=O) groups is 2. The molecule has 5 rings (SSSR count). The summed E-state index contributed by atoms with van der Waals surface area (Å²) >= 11 is 0. The lowest BCUT2D eigenvalue weighted by atomic mass is 9.85. The molecule has 3 aliphatic rings. The molecule has 0 aromatic heterocycles. The SMILES string of the molecule is CC(OC(=O)[C@@H](N)CCCN=C(N)N)OC(C(=O)OC1CC2CCC(C1)[N+]21CCCC1)(c1ccccc1)c1ccccc1. The summed E-state index contributed by atoms with van der Waals surface area (Å²) in [6.07, 6.45) is 6.22. The smallest absolute Gasteiger partial charge is 0.348 e. The molecule has 1 spiro atoms. The van der Waals surface area contributed by atoms with Crippen LogP contribution in [0.25, 0.3) is 0 Å². The number of benzene rings is 2. The topological polar surface area (TPSA) is 152 Å². The van der Waals surface area contributed by atoms with Crippen molar-refractivity contribution in [2.45, 2.75) is 94.4 Å². The van der Waals surface area contributed by atoms with Gasteiger partial charge in [-0.1, -0.05) is 60.7 Å². The molecular weight excluding hydrogens is 546 g/mol. The van der Waals surface area contributed by atoms with E-state index in [2.05, 4.69) is 4.99 Å². The summed E-state index contributed by atoms with van der Waals surface area (Å²) in [6.45, 7) is 4.45. The molecule has 10 heteroatoms. The highest BCUT2D eigenvalue weighted by atomic mass is 16.7. The van der Waals surface area contributed by atoms with Gasteiger partial charge in [0, 0.05) is 45.1 Å². The first kappa shape index (κ1) is 31.0. The second-order valence-electron chi connectivity index (χ2n) is 12.2. The number of hydrogen-bond acceptors (Lipinski definition) is 7. The van der Waals surface area contributed by atoms with Crippen molar-refractivity contribution in [2.24, 2.45) is 22.2 Å². The summed E-state index contributed by atoms with van der Waals surface area (Å²) in [5.74, 6) is -1.15. The lowest BCUT2D eigenvalue weighted by Gasteiger charge is -2.47. The Hall–Kier alpha value is -3.47. The third-order valence-corrected chi connectivity index (χ3v) is 9.57. The molecule has 3 heterocycles. The van der Waals surface area contributed by atoms with Gasteiger partial charge in [-0.2, -0.15) is 0 Å². The molecular formula is C33H46N5O5+. The average molecular weight is 593 g/mol. The number of quaternary nitrogens is 1. The van der Waals surface area contributed by atoms with Crippen molar-refractivity contribution in [3.8, 4) is 0 Å². The number of carbonyl (C=O) groups excluding carboxylic acids is 2. The van der Waals surface area contributed by atoms with E-state index in [0.29, 0.717) is 42.6 Å². The number of ether oxygens (including phenoxy) is 3. The molecule has 232 valence electrons. The van der Waals surface area contributed by atoms with E-state index in [-0.39, 0.29) is 12.1 Å². The third-order valence-electron chi connectivity index (χ3n) is 9.57. The lowest BCUT2D eigenvalue weighted by Crippen LogP contribution is -2.60. The summed E-state index contributed by atoms with van der Waals surface area (Å²) in [5.41, 5.74) is 16.4. The first-order valence-electron chi connectivity index (χ1n) is 15.6. The van der Waals surface area contributed by atoms with E-state index < -0.39 is 29.9 Å². The van der Waals surface area contributed by atoms with E-state index in [1.807, 2.05) is 60.7 Å². The molecule has 3 aliphatic heterocycles. The van der Waals surface area contributed by atoms with Crippen LogP contribution in [0.4, 0.5) is 0 Å². The average Bonchev–Trinajstić information content (AvgIpc) is 3.55. The summed E-state index contributed by atoms with van der Waals surface area (Å²) in [5, 5.41) is 0. The molecule has 6 N–H and O–H groups in total. The van der Waals surface area contributed by atoms with Crippen LogP contribution >= 0.6 is 0 Å². The Kier molecular flexibility index (Phi) is 9.68. The van der Waals surface area contributed by atoms with Gasteiger partial charge in [0.05, 0.1) is 25.2 Å². The standard InChI is InChI=1S/C33H46N5O5/c1-23(41-30(39)29(34)15-10-18-37-32(35)36)43-33(24-11-4-2-5-12-24,25-13-6-3-7-14-25)31(40)42-28-21-26-16-17-27(22-28)38(26)19-8-9-20-38/h2-7,11-14,23,26-29H,8-10,15-22,34H2,1H3,(H4,35,36,37)/q+1/t23?,26?,27?,28?,29-/m0/s1. The zero-order valence-electron chi connectivity index (χ0n) is 25.1. The van der Waals surface area contributed by atoms with Gasteiger partial charge < -0.3 is 35.9 Å². The Morgan fingerprint density at radius 1 is 0.953 bits per heavy atom. The summed E-state index contributed by atoms with van der Waals surface area (Å²) in [4.78, 5) is 31.3. The maximum Gasteiger partial charge on any atom is 0.348 e. The van der Waals surface area contributed by atoms with Gasteiger partial charge >= 0.3 is 11.9 Å². The summed E-state index contributed by atoms with van der Waals surface area (Å²) < 4.78 is 19.8. The molecule has 3 unspecified atom stereocenters. The van der Waals surface area contributed by atoms with Crippen LogP contribution in [0.3, 0.4) is 0 Å². The normalized spacial score (nSPS) is 23.8. The fraction of sp³-hybridized carbons (Fsp3) is 0.545. The molecule has 10 nitrogen and oxygen atoms in total. The van der Waals surface area contributed by atoms with Gasteiger partial charge in [-0.3, -0.25) is 9.79 Å². The highest BCUT2D eigenvalue weighted by molar-refractivity contribution is 5.86. The van der Waals surface area contributed by atoms with Crippen molar-refractivity contribution < 1.29 is 28.3 Å². The first-order valence-corrected chi connectivity index (χ1v) is 15.6. The van der Waals surface area contributed by atoms with E-state index >= 15 is 0 Å². The third kappa shape index (κ3) is 6.56. The largest absolute Gasteiger partial charge is 0.459 e. The maximum absolute atomic E-state index is 14.5. The predicted molar refractivity (Wildman–Crippen MR) is 163 cm³/mol. The number of esters is 2. The van der Waals surface area contributed by atoms with E-state index in [0.717, 1.165) is 12.8 Å². The van der Waals surface area contributed by atoms with Crippen LogP contribution in [-0.4, -0.2) is 72.5 Å². The fourth-order valence-electron chi connectivity index (χ4n) is 7.63. The zero-order valence-corrected chi connectivity index (χ0v) is 25.1.